The van der Waals surface area contributed by atoms with Crippen molar-refractivity contribution in [2.75, 3.05) is 24.2 Å². The molecule has 1 aliphatic carbocycles. The molecule has 2 fully saturated rings. The average Bonchev–Trinajstić information content (AvgIpc) is 3.33. The molecule has 0 bridgehead atoms. The summed E-state index contributed by atoms with van der Waals surface area (Å²) in [5, 5.41) is 12.2. The van der Waals surface area contributed by atoms with E-state index in [0.717, 1.165) is 37.2 Å². The van der Waals surface area contributed by atoms with E-state index >= 15 is 0 Å². The number of hydrogen-bond acceptors (Lipinski definition) is 6. The van der Waals surface area contributed by atoms with Crippen LogP contribution in [0, 0.1) is 0 Å². The van der Waals surface area contributed by atoms with Crippen molar-refractivity contribution in [3.8, 4) is 5.69 Å². The predicted molar refractivity (Wildman–Crippen MR) is 127 cm³/mol. The van der Waals surface area contributed by atoms with E-state index in [9.17, 15) is 13.2 Å². The van der Waals surface area contributed by atoms with Crippen molar-refractivity contribution in [2.24, 2.45) is 0 Å². The Kier molecular flexibility index (Phi) is 6.22. The highest BCUT2D eigenvalue weighted by atomic mass is 32.2. The van der Waals surface area contributed by atoms with Gasteiger partial charge in [0.1, 0.15) is 5.82 Å². The first-order valence-electron chi connectivity index (χ1n) is 11.1. The average molecular weight is 484 g/mol. The molecule has 10 heteroatoms. The van der Waals surface area contributed by atoms with Gasteiger partial charge in [-0.3, -0.25) is 9.36 Å². The second-order valence-corrected chi connectivity index (χ2v) is 11.1. The smallest absolute Gasteiger partial charge is 0.243 e. The Morgan fingerprint density at radius 3 is 2.52 bits per heavy atom. The maximum absolute atomic E-state index is 12.8. The number of hydrogen-bond donors (Lipinski definition) is 1. The number of carbonyl (C=O) groups excluding carboxylic acids is 1. The Labute approximate surface area is 197 Å². The van der Waals surface area contributed by atoms with Gasteiger partial charge in [-0.05, 0) is 56.0 Å². The standard InChI is InChI=1S/C23H25N5O3S2/c29-21(24-18-7-6-10-20(15-18)33(30,31)27-13-4-5-14-27)16-32-23-26-25-22(17-11-12-17)28(23)19-8-2-1-3-9-19/h1-3,6-10,15,17H,4-5,11-14,16H2,(H,24,29). The van der Waals surface area contributed by atoms with Gasteiger partial charge < -0.3 is 5.32 Å². The van der Waals surface area contributed by atoms with Crippen LogP contribution in [0.15, 0.2) is 64.6 Å². The lowest BCUT2D eigenvalue weighted by atomic mass is 10.3. The molecule has 172 valence electrons. The second kappa shape index (κ2) is 9.28. The van der Waals surface area contributed by atoms with E-state index < -0.39 is 10.0 Å². The minimum atomic E-state index is -3.53. The van der Waals surface area contributed by atoms with Crippen LogP contribution < -0.4 is 5.32 Å². The Balaban J connectivity index is 1.28. The summed E-state index contributed by atoms with van der Waals surface area (Å²) in [7, 11) is -3.53. The van der Waals surface area contributed by atoms with Gasteiger partial charge in [-0.25, -0.2) is 8.42 Å². The molecule has 0 radical (unpaired) electrons. The van der Waals surface area contributed by atoms with Crippen molar-refractivity contribution in [1.29, 1.82) is 0 Å². The van der Waals surface area contributed by atoms with Gasteiger partial charge in [0.2, 0.25) is 15.9 Å². The Morgan fingerprint density at radius 2 is 1.79 bits per heavy atom. The number of sulfonamides is 1. The Hall–Kier alpha value is -2.69. The number of nitrogens with zero attached hydrogens (tertiary/aromatic N) is 4. The predicted octanol–water partition coefficient (Wildman–Crippen LogP) is 3.66. The van der Waals surface area contributed by atoms with Crippen molar-refractivity contribution in [2.45, 2.75) is 41.7 Å². The molecule has 1 saturated heterocycles. The molecular formula is C23H25N5O3S2. The number of para-hydroxylation sites is 1. The van der Waals surface area contributed by atoms with Crippen LogP contribution in [-0.4, -0.2) is 52.2 Å². The molecule has 1 aliphatic heterocycles. The maximum atomic E-state index is 12.8. The van der Waals surface area contributed by atoms with Crippen LogP contribution in [0.1, 0.15) is 37.4 Å². The summed E-state index contributed by atoms with van der Waals surface area (Å²) < 4.78 is 29.1. The van der Waals surface area contributed by atoms with E-state index in [2.05, 4.69) is 15.5 Å². The number of aromatic nitrogens is 3. The number of thioether (sulfide) groups is 1. The lowest BCUT2D eigenvalue weighted by molar-refractivity contribution is -0.113. The first-order chi connectivity index (χ1) is 16.0. The molecule has 2 aromatic carbocycles. The van der Waals surface area contributed by atoms with Gasteiger partial charge >= 0.3 is 0 Å². The highest BCUT2D eigenvalue weighted by Gasteiger charge is 2.31. The van der Waals surface area contributed by atoms with Crippen molar-refractivity contribution in [3.63, 3.8) is 0 Å². The van der Waals surface area contributed by atoms with Crippen LogP contribution in [0.25, 0.3) is 5.69 Å². The fourth-order valence-electron chi connectivity index (χ4n) is 3.94. The summed E-state index contributed by atoms with van der Waals surface area (Å²) in [6.07, 6.45) is 3.96. The summed E-state index contributed by atoms with van der Waals surface area (Å²) in [6.45, 7) is 1.08. The summed E-state index contributed by atoms with van der Waals surface area (Å²) in [6, 6.07) is 16.4. The van der Waals surface area contributed by atoms with Crippen molar-refractivity contribution in [1.82, 2.24) is 19.1 Å². The molecule has 2 heterocycles. The van der Waals surface area contributed by atoms with Crippen molar-refractivity contribution >= 4 is 33.4 Å². The maximum Gasteiger partial charge on any atom is 0.243 e. The first kappa shape index (κ1) is 22.1. The zero-order valence-electron chi connectivity index (χ0n) is 18.1. The van der Waals surface area contributed by atoms with Gasteiger partial charge in [-0.1, -0.05) is 36.0 Å². The van der Waals surface area contributed by atoms with E-state index in [4.69, 9.17) is 0 Å². The van der Waals surface area contributed by atoms with Gasteiger partial charge in [0.05, 0.1) is 10.6 Å². The zero-order valence-corrected chi connectivity index (χ0v) is 19.7. The van der Waals surface area contributed by atoms with Gasteiger partial charge in [-0.15, -0.1) is 10.2 Å². The molecule has 3 aromatic rings. The van der Waals surface area contributed by atoms with Gasteiger partial charge in [0.15, 0.2) is 5.16 Å². The largest absolute Gasteiger partial charge is 0.325 e. The molecule has 8 nitrogen and oxygen atoms in total. The van der Waals surface area contributed by atoms with E-state index in [-0.39, 0.29) is 16.6 Å². The Bertz CT molecular complexity index is 1250. The summed E-state index contributed by atoms with van der Waals surface area (Å²) in [4.78, 5) is 12.9. The molecule has 1 amide bonds. The Morgan fingerprint density at radius 1 is 1.03 bits per heavy atom. The number of rotatable bonds is 8. The van der Waals surface area contributed by atoms with Crippen molar-refractivity contribution < 1.29 is 13.2 Å². The highest BCUT2D eigenvalue weighted by Crippen LogP contribution is 2.41. The van der Waals surface area contributed by atoms with E-state index in [1.54, 1.807) is 18.2 Å². The van der Waals surface area contributed by atoms with Gasteiger partial charge in [0, 0.05) is 30.4 Å². The van der Waals surface area contributed by atoms with Crippen LogP contribution >= 0.6 is 11.8 Å². The van der Waals surface area contributed by atoms with Crippen LogP contribution in [0.5, 0.6) is 0 Å². The van der Waals surface area contributed by atoms with Gasteiger partial charge in [0.25, 0.3) is 0 Å². The van der Waals surface area contributed by atoms with Crippen LogP contribution in [-0.2, 0) is 14.8 Å². The molecular weight excluding hydrogens is 458 g/mol. The number of anilines is 1. The molecule has 1 N–H and O–H groups in total. The summed E-state index contributed by atoms with van der Waals surface area (Å²) >= 11 is 1.32. The van der Waals surface area contributed by atoms with Gasteiger partial charge in [-0.2, -0.15) is 4.31 Å². The highest BCUT2D eigenvalue weighted by molar-refractivity contribution is 7.99. The van der Waals surface area contributed by atoms with E-state index in [0.29, 0.717) is 29.9 Å². The van der Waals surface area contributed by atoms with Crippen LogP contribution in [0.2, 0.25) is 0 Å². The van der Waals surface area contributed by atoms with Crippen LogP contribution in [0.4, 0.5) is 5.69 Å². The SMILES string of the molecule is O=C(CSc1nnc(C2CC2)n1-c1ccccc1)Nc1cccc(S(=O)(=O)N2CCCC2)c1. The second-order valence-electron chi connectivity index (χ2n) is 8.26. The molecule has 0 atom stereocenters. The topological polar surface area (TPSA) is 97.2 Å². The number of carbonyl (C=O) groups is 1. The third-order valence-electron chi connectivity index (χ3n) is 5.77. The van der Waals surface area contributed by atoms with Crippen LogP contribution in [0.3, 0.4) is 0 Å². The van der Waals surface area contributed by atoms with Crippen molar-refractivity contribution in [3.05, 3.63) is 60.4 Å². The fraction of sp³-hybridized carbons (Fsp3) is 0.348. The third kappa shape index (κ3) is 4.83. The monoisotopic (exact) mass is 483 g/mol. The summed E-state index contributed by atoms with van der Waals surface area (Å²) in [5.74, 6) is 1.26. The van der Waals surface area contributed by atoms with E-state index in [1.807, 2.05) is 34.9 Å². The van der Waals surface area contributed by atoms with E-state index in [1.165, 1.54) is 22.1 Å². The molecule has 1 saturated carbocycles. The minimum Gasteiger partial charge on any atom is -0.325 e. The normalized spacial score (nSPS) is 16.7. The quantitative estimate of drug-likeness (QED) is 0.491. The third-order valence-corrected chi connectivity index (χ3v) is 8.59. The first-order valence-corrected chi connectivity index (χ1v) is 13.5. The number of benzene rings is 2. The molecule has 33 heavy (non-hydrogen) atoms. The molecule has 0 unspecified atom stereocenters. The summed E-state index contributed by atoms with van der Waals surface area (Å²) in [5.41, 5.74) is 1.44. The molecule has 1 aromatic heterocycles. The molecule has 5 rings (SSSR count). The number of nitrogens with one attached hydrogen (secondary N) is 1. The molecule has 2 aliphatic rings. The lowest BCUT2D eigenvalue weighted by Gasteiger charge is -2.16. The zero-order chi connectivity index (χ0) is 22.8. The molecule has 0 spiro atoms. The fourth-order valence-corrected chi connectivity index (χ4v) is 6.26. The number of amides is 1. The minimum absolute atomic E-state index is 0.138. The lowest BCUT2D eigenvalue weighted by Crippen LogP contribution is -2.28.